The lowest BCUT2D eigenvalue weighted by Gasteiger charge is -2.34. The van der Waals surface area contributed by atoms with Crippen LogP contribution in [0.3, 0.4) is 0 Å². The third-order valence-corrected chi connectivity index (χ3v) is 4.77. The van der Waals surface area contributed by atoms with E-state index in [4.69, 9.17) is 4.74 Å². The SMILES string of the molecule is CC1CN(C(=O)C(Cc2c[nH]c3ccccc23)NC(=O)OC(C)(C)C)CCN1. The molecule has 28 heavy (non-hydrogen) atoms. The van der Waals surface area contributed by atoms with E-state index < -0.39 is 17.7 Å². The van der Waals surface area contributed by atoms with Crippen molar-refractivity contribution in [3.05, 3.63) is 36.0 Å². The largest absolute Gasteiger partial charge is 0.444 e. The van der Waals surface area contributed by atoms with Gasteiger partial charge in [0.15, 0.2) is 0 Å². The summed E-state index contributed by atoms with van der Waals surface area (Å²) >= 11 is 0. The van der Waals surface area contributed by atoms with E-state index in [2.05, 4.69) is 22.5 Å². The van der Waals surface area contributed by atoms with E-state index in [1.54, 1.807) is 20.8 Å². The molecule has 3 rings (SSSR count). The molecule has 1 aliphatic heterocycles. The lowest BCUT2D eigenvalue weighted by molar-refractivity contribution is -0.134. The topological polar surface area (TPSA) is 86.5 Å². The number of hydrogen-bond acceptors (Lipinski definition) is 4. The number of fused-ring (bicyclic) bond motifs is 1. The van der Waals surface area contributed by atoms with Crippen molar-refractivity contribution in [2.75, 3.05) is 19.6 Å². The zero-order valence-corrected chi connectivity index (χ0v) is 17.0. The number of ether oxygens (including phenoxy) is 1. The third kappa shape index (κ3) is 5.04. The Morgan fingerprint density at radius 3 is 2.79 bits per heavy atom. The molecule has 7 heteroatoms. The number of para-hydroxylation sites is 1. The van der Waals surface area contributed by atoms with Crippen LogP contribution in [0, 0.1) is 0 Å². The van der Waals surface area contributed by atoms with Crippen molar-refractivity contribution in [1.29, 1.82) is 0 Å². The molecule has 2 unspecified atom stereocenters. The van der Waals surface area contributed by atoms with Crippen LogP contribution in [0.4, 0.5) is 4.79 Å². The van der Waals surface area contributed by atoms with Gasteiger partial charge < -0.3 is 25.3 Å². The minimum absolute atomic E-state index is 0.0792. The van der Waals surface area contributed by atoms with Crippen LogP contribution in [0.15, 0.2) is 30.5 Å². The normalized spacial score (nSPS) is 18.7. The Morgan fingerprint density at radius 2 is 2.07 bits per heavy atom. The van der Waals surface area contributed by atoms with Gasteiger partial charge in [-0.05, 0) is 39.3 Å². The Morgan fingerprint density at radius 1 is 1.32 bits per heavy atom. The second-order valence-corrected chi connectivity index (χ2v) is 8.40. The Bertz CT molecular complexity index is 840. The molecule has 7 nitrogen and oxygen atoms in total. The highest BCUT2D eigenvalue weighted by Gasteiger charge is 2.30. The highest BCUT2D eigenvalue weighted by Crippen LogP contribution is 2.20. The minimum atomic E-state index is -0.681. The Balaban J connectivity index is 1.81. The van der Waals surface area contributed by atoms with E-state index in [9.17, 15) is 9.59 Å². The van der Waals surface area contributed by atoms with Crippen molar-refractivity contribution >= 4 is 22.9 Å². The van der Waals surface area contributed by atoms with E-state index in [1.165, 1.54) is 0 Å². The van der Waals surface area contributed by atoms with Crippen LogP contribution in [-0.4, -0.2) is 59.2 Å². The molecule has 152 valence electrons. The maximum atomic E-state index is 13.2. The molecule has 1 aromatic heterocycles. The zero-order chi connectivity index (χ0) is 20.3. The van der Waals surface area contributed by atoms with Gasteiger partial charge in [-0.2, -0.15) is 0 Å². The predicted molar refractivity (Wildman–Crippen MR) is 109 cm³/mol. The van der Waals surface area contributed by atoms with Gasteiger partial charge in [-0.1, -0.05) is 18.2 Å². The maximum absolute atomic E-state index is 13.2. The van der Waals surface area contributed by atoms with E-state index >= 15 is 0 Å². The number of amides is 2. The number of benzene rings is 1. The number of nitrogens with one attached hydrogen (secondary N) is 3. The molecule has 1 aromatic carbocycles. The van der Waals surface area contributed by atoms with E-state index in [0.717, 1.165) is 23.0 Å². The van der Waals surface area contributed by atoms with Gasteiger partial charge >= 0.3 is 6.09 Å². The van der Waals surface area contributed by atoms with Gasteiger partial charge in [0, 0.05) is 49.2 Å². The standard InChI is InChI=1S/C21H30N4O3/c1-14-13-25(10-9-22-14)19(26)18(24-20(27)28-21(2,3)4)11-15-12-23-17-8-6-5-7-16(15)17/h5-8,12,14,18,22-23H,9-11,13H2,1-4H3,(H,24,27). The molecule has 2 aromatic rings. The van der Waals surface area contributed by atoms with Gasteiger partial charge in [-0.25, -0.2) is 4.79 Å². The first-order valence-electron chi connectivity index (χ1n) is 9.79. The number of piperazine rings is 1. The number of aromatic amines is 1. The predicted octanol–water partition coefficient (Wildman–Crippen LogP) is 2.42. The first-order valence-corrected chi connectivity index (χ1v) is 9.79. The molecule has 1 fully saturated rings. The number of nitrogens with zero attached hydrogens (tertiary/aromatic N) is 1. The van der Waals surface area contributed by atoms with Gasteiger partial charge in [0.2, 0.25) is 5.91 Å². The number of aromatic nitrogens is 1. The van der Waals surface area contributed by atoms with E-state index in [0.29, 0.717) is 19.5 Å². The molecule has 1 saturated heterocycles. The van der Waals surface area contributed by atoms with Gasteiger partial charge in [0.25, 0.3) is 0 Å². The summed E-state index contributed by atoms with van der Waals surface area (Å²) in [5, 5.41) is 7.19. The van der Waals surface area contributed by atoms with Crippen molar-refractivity contribution in [2.45, 2.75) is 51.8 Å². The van der Waals surface area contributed by atoms with Crippen LogP contribution in [0.2, 0.25) is 0 Å². The van der Waals surface area contributed by atoms with Crippen molar-refractivity contribution in [2.24, 2.45) is 0 Å². The number of carbonyl (C=O) groups excluding carboxylic acids is 2. The summed E-state index contributed by atoms with van der Waals surface area (Å²) in [5.74, 6) is -0.0792. The smallest absolute Gasteiger partial charge is 0.408 e. The average molecular weight is 386 g/mol. The fourth-order valence-electron chi connectivity index (χ4n) is 3.52. The zero-order valence-electron chi connectivity index (χ0n) is 17.0. The number of alkyl carbamates (subject to hydrolysis) is 1. The Hall–Kier alpha value is -2.54. The van der Waals surface area contributed by atoms with Crippen LogP contribution >= 0.6 is 0 Å². The third-order valence-electron chi connectivity index (χ3n) is 4.77. The summed E-state index contributed by atoms with van der Waals surface area (Å²) in [6, 6.07) is 7.49. The van der Waals surface area contributed by atoms with E-state index in [1.807, 2.05) is 35.4 Å². The summed E-state index contributed by atoms with van der Waals surface area (Å²) < 4.78 is 5.39. The average Bonchev–Trinajstić information content (AvgIpc) is 3.02. The molecule has 2 atom stereocenters. The van der Waals surface area contributed by atoms with Crippen molar-refractivity contribution in [3.63, 3.8) is 0 Å². The lowest BCUT2D eigenvalue weighted by Crippen LogP contribution is -2.57. The highest BCUT2D eigenvalue weighted by atomic mass is 16.6. The minimum Gasteiger partial charge on any atom is -0.444 e. The first-order chi connectivity index (χ1) is 13.2. The first kappa shape index (κ1) is 20.2. The molecule has 0 radical (unpaired) electrons. The Kier molecular flexibility index (Phi) is 5.93. The van der Waals surface area contributed by atoms with Crippen LogP contribution in [0.1, 0.15) is 33.3 Å². The van der Waals surface area contributed by atoms with Crippen LogP contribution in [-0.2, 0) is 16.0 Å². The number of carbonyl (C=O) groups is 2. The molecule has 0 bridgehead atoms. The molecule has 3 N–H and O–H groups in total. The van der Waals surface area contributed by atoms with Crippen molar-refractivity contribution in [3.8, 4) is 0 Å². The number of H-pyrrole nitrogens is 1. The van der Waals surface area contributed by atoms with Crippen LogP contribution in [0.25, 0.3) is 10.9 Å². The Labute approximate surface area is 165 Å². The lowest BCUT2D eigenvalue weighted by atomic mass is 10.0. The molecule has 0 spiro atoms. The van der Waals surface area contributed by atoms with Crippen molar-refractivity contribution < 1.29 is 14.3 Å². The summed E-state index contributed by atoms with van der Waals surface area (Å²) in [5.41, 5.74) is 1.38. The van der Waals surface area contributed by atoms with Crippen molar-refractivity contribution in [1.82, 2.24) is 20.5 Å². The number of hydrogen-bond donors (Lipinski definition) is 3. The molecule has 2 amide bonds. The van der Waals surface area contributed by atoms with Gasteiger partial charge in [-0.3, -0.25) is 4.79 Å². The van der Waals surface area contributed by atoms with Gasteiger partial charge in [0.1, 0.15) is 11.6 Å². The molecule has 2 heterocycles. The fourth-order valence-corrected chi connectivity index (χ4v) is 3.52. The van der Waals surface area contributed by atoms with Crippen LogP contribution < -0.4 is 10.6 Å². The molecular weight excluding hydrogens is 356 g/mol. The summed E-state index contributed by atoms with van der Waals surface area (Å²) in [7, 11) is 0. The molecule has 0 aliphatic carbocycles. The number of rotatable bonds is 4. The summed E-state index contributed by atoms with van der Waals surface area (Å²) in [6.45, 7) is 9.47. The second-order valence-electron chi connectivity index (χ2n) is 8.40. The molecular formula is C21H30N4O3. The molecule has 1 aliphatic rings. The summed E-state index contributed by atoms with van der Waals surface area (Å²) in [4.78, 5) is 30.7. The highest BCUT2D eigenvalue weighted by molar-refractivity contribution is 5.88. The quantitative estimate of drug-likeness (QED) is 0.753. The summed E-state index contributed by atoms with van der Waals surface area (Å²) in [6.07, 6.45) is 1.73. The maximum Gasteiger partial charge on any atom is 0.408 e. The van der Waals surface area contributed by atoms with Crippen LogP contribution in [0.5, 0.6) is 0 Å². The molecule has 0 saturated carbocycles. The fraction of sp³-hybridized carbons (Fsp3) is 0.524. The monoisotopic (exact) mass is 386 g/mol. The second kappa shape index (κ2) is 8.22. The van der Waals surface area contributed by atoms with Gasteiger partial charge in [0.05, 0.1) is 0 Å². The van der Waals surface area contributed by atoms with Gasteiger partial charge in [-0.15, -0.1) is 0 Å². The van der Waals surface area contributed by atoms with E-state index in [-0.39, 0.29) is 11.9 Å².